The van der Waals surface area contributed by atoms with Crippen LogP contribution in [0.25, 0.3) is 0 Å². The number of hydrogen-bond donors (Lipinski definition) is 2. The standard InChI is InChI=1S/C20H25FN2O3S/c1-20(25)8-9-23(12-14-5-3-6-15(21)11-14)18(16-7-4-10-27-16)19(20)22-17(24)13-26-2/h3-7,10-11,18-19,25H,8-9,12-13H2,1-2H3,(H,22,24)/t18-,19-,20+/m0/s1. The minimum absolute atomic E-state index is 0.0619. The number of rotatable bonds is 6. The number of aliphatic hydroxyl groups is 1. The molecule has 1 aromatic carbocycles. The van der Waals surface area contributed by atoms with Gasteiger partial charge in [0.05, 0.1) is 17.7 Å². The van der Waals surface area contributed by atoms with Gasteiger partial charge in [0.1, 0.15) is 12.4 Å². The lowest BCUT2D eigenvalue weighted by Gasteiger charge is -2.48. The molecule has 1 aliphatic rings. The van der Waals surface area contributed by atoms with E-state index in [1.807, 2.05) is 23.6 Å². The monoisotopic (exact) mass is 392 g/mol. The van der Waals surface area contributed by atoms with Gasteiger partial charge in [0.25, 0.3) is 0 Å². The molecule has 1 saturated heterocycles. The zero-order chi connectivity index (χ0) is 19.4. The largest absolute Gasteiger partial charge is 0.388 e. The summed E-state index contributed by atoms with van der Waals surface area (Å²) in [7, 11) is 1.46. The van der Waals surface area contributed by atoms with Gasteiger partial charge in [0.2, 0.25) is 5.91 Å². The first-order valence-electron chi connectivity index (χ1n) is 8.93. The Kier molecular flexibility index (Phi) is 6.26. The van der Waals surface area contributed by atoms with Crippen molar-refractivity contribution in [1.29, 1.82) is 0 Å². The first kappa shape index (κ1) is 19.9. The van der Waals surface area contributed by atoms with Crippen molar-refractivity contribution in [2.24, 2.45) is 0 Å². The van der Waals surface area contributed by atoms with Gasteiger partial charge in [0, 0.05) is 25.1 Å². The van der Waals surface area contributed by atoms with Crippen LogP contribution in [0.3, 0.4) is 0 Å². The zero-order valence-corrected chi connectivity index (χ0v) is 16.3. The second-order valence-electron chi connectivity index (χ2n) is 7.15. The summed E-state index contributed by atoms with van der Waals surface area (Å²) < 4.78 is 18.5. The molecule has 5 nitrogen and oxygen atoms in total. The molecule has 2 N–H and O–H groups in total. The summed E-state index contributed by atoms with van der Waals surface area (Å²) >= 11 is 1.58. The minimum atomic E-state index is -1.06. The maximum Gasteiger partial charge on any atom is 0.246 e. The van der Waals surface area contributed by atoms with Gasteiger partial charge < -0.3 is 15.2 Å². The van der Waals surface area contributed by atoms with E-state index in [1.165, 1.54) is 19.2 Å². The Hall–Kier alpha value is -1.80. The maximum absolute atomic E-state index is 13.6. The van der Waals surface area contributed by atoms with Crippen LogP contribution in [0, 0.1) is 5.82 Å². The van der Waals surface area contributed by atoms with Gasteiger partial charge in [-0.05, 0) is 42.5 Å². The SMILES string of the molecule is COCC(=O)N[C@H]1[C@H](c2cccs2)N(Cc2cccc(F)c2)CC[C@@]1(C)O. The molecule has 1 amide bonds. The number of likely N-dealkylation sites (tertiary alicyclic amines) is 1. The third-order valence-corrected chi connectivity index (χ3v) is 5.93. The summed E-state index contributed by atoms with van der Waals surface area (Å²) in [5, 5.41) is 15.9. The molecule has 2 heterocycles. The molecule has 0 spiro atoms. The van der Waals surface area contributed by atoms with Crippen molar-refractivity contribution in [2.45, 2.75) is 37.6 Å². The van der Waals surface area contributed by atoms with Crippen molar-refractivity contribution in [3.05, 3.63) is 58.0 Å². The van der Waals surface area contributed by atoms with Gasteiger partial charge in [-0.25, -0.2) is 4.39 Å². The summed E-state index contributed by atoms with van der Waals surface area (Å²) in [4.78, 5) is 15.5. The van der Waals surface area contributed by atoms with Crippen molar-refractivity contribution in [3.63, 3.8) is 0 Å². The van der Waals surface area contributed by atoms with E-state index in [2.05, 4.69) is 10.2 Å². The second-order valence-corrected chi connectivity index (χ2v) is 8.13. The number of benzene rings is 1. The van der Waals surface area contributed by atoms with Crippen molar-refractivity contribution < 1.29 is 19.0 Å². The number of hydrogen-bond acceptors (Lipinski definition) is 5. The van der Waals surface area contributed by atoms with Crippen LogP contribution in [0.1, 0.15) is 29.8 Å². The maximum atomic E-state index is 13.6. The molecule has 2 aromatic rings. The Morgan fingerprint density at radius 3 is 2.93 bits per heavy atom. The molecule has 27 heavy (non-hydrogen) atoms. The fourth-order valence-corrected chi connectivity index (χ4v) is 4.54. The molecule has 1 aromatic heterocycles. The summed E-state index contributed by atoms with van der Waals surface area (Å²) in [5.41, 5.74) is -0.198. The van der Waals surface area contributed by atoms with Gasteiger partial charge in [-0.1, -0.05) is 18.2 Å². The number of thiophene rings is 1. The van der Waals surface area contributed by atoms with Crippen LogP contribution in [0.15, 0.2) is 41.8 Å². The lowest BCUT2D eigenvalue weighted by Crippen LogP contribution is -2.62. The van der Waals surface area contributed by atoms with E-state index in [0.29, 0.717) is 19.5 Å². The fourth-order valence-electron chi connectivity index (χ4n) is 3.65. The zero-order valence-electron chi connectivity index (χ0n) is 15.5. The number of amides is 1. The first-order chi connectivity index (χ1) is 12.9. The van der Waals surface area contributed by atoms with Crippen LogP contribution < -0.4 is 5.32 Å². The third-order valence-electron chi connectivity index (χ3n) is 4.99. The van der Waals surface area contributed by atoms with E-state index in [0.717, 1.165) is 10.4 Å². The van der Waals surface area contributed by atoms with E-state index in [9.17, 15) is 14.3 Å². The fraction of sp³-hybridized carbons (Fsp3) is 0.450. The molecule has 3 rings (SSSR count). The number of halogens is 1. The minimum Gasteiger partial charge on any atom is -0.388 e. The Balaban J connectivity index is 1.91. The summed E-state index contributed by atoms with van der Waals surface area (Å²) in [5.74, 6) is -0.536. The molecule has 0 radical (unpaired) electrons. The molecule has 1 aliphatic heterocycles. The molecule has 0 bridgehead atoms. The smallest absolute Gasteiger partial charge is 0.246 e. The predicted octanol–water partition coefficient (Wildman–Crippen LogP) is 2.72. The predicted molar refractivity (Wildman–Crippen MR) is 103 cm³/mol. The van der Waals surface area contributed by atoms with Gasteiger partial charge in [0.15, 0.2) is 0 Å². The number of carbonyl (C=O) groups is 1. The quantitative estimate of drug-likeness (QED) is 0.794. The molecule has 7 heteroatoms. The van der Waals surface area contributed by atoms with Crippen molar-refractivity contribution in [1.82, 2.24) is 10.2 Å². The molecule has 3 atom stereocenters. The van der Waals surface area contributed by atoms with E-state index in [1.54, 1.807) is 24.3 Å². The number of carbonyl (C=O) groups excluding carboxylic acids is 1. The Bertz CT molecular complexity index is 766. The molecule has 0 saturated carbocycles. The Labute approximate surface area is 162 Å². The van der Waals surface area contributed by atoms with E-state index in [4.69, 9.17) is 4.74 Å². The van der Waals surface area contributed by atoms with Gasteiger partial charge >= 0.3 is 0 Å². The van der Waals surface area contributed by atoms with Crippen molar-refractivity contribution >= 4 is 17.2 Å². The number of nitrogens with one attached hydrogen (secondary N) is 1. The van der Waals surface area contributed by atoms with Gasteiger partial charge in [-0.2, -0.15) is 0 Å². The molecular formula is C20H25FN2O3S. The number of nitrogens with zero attached hydrogens (tertiary/aromatic N) is 1. The lowest BCUT2D eigenvalue weighted by molar-refractivity contribution is -0.132. The summed E-state index contributed by atoms with van der Waals surface area (Å²) in [6, 6.07) is 9.79. The summed E-state index contributed by atoms with van der Waals surface area (Å²) in [6.45, 7) is 2.87. The van der Waals surface area contributed by atoms with Crippen LogP contribution in [0.4, 0.5) is 4.39 Å². The summed E-state index contributed by atoms with van der Waals surface area (Å²) in [6.07, 6.45) is 0.502. The highest BCUT2D eigenvalue weighted by atomic mass is 32.1. The second kappa shape index (κ2) is 8.48. The van der Waals surface area contributed by atoms with E-state index in [-0.39, 0.29) is 24.4 Å². The van der Waals surface area contributed by atoms with Crippen LogP contribution in [0.2, 0.25) is 0 Å². The first-order valence-corrected chi connectivity index (χ1v) is 9.81. The van der Waals surface area contributed by atoms with Crippen LogP contribution in [-0.4, -0.2) is 47.8 Å². The van der Waals surface area contributed by atoms with Crippen LogP contribution >= 0.6 is 11.3 Å². The molecule has 0 unspecified atom stereocenters. The number of ether oxygens (including phenoxy) is 1. The average molecular weight is 392 g/mol. The highest BCUT2D eigenvalue weighted by Crippen LogP contribution is 2.39. The van der Waals surface area contributed by atoms with E-state index < -0.39 is 11.6 Å². The Morgan fingerprint density at radius 2 is 2.26 bits per heavy atom. The highest BCUT2D eigenvalue weighted by molar-refractivity contribution is 7.10. The topological polar surface area (TPSA) is 61.8 Å². The normalized spacial score (nSPS) is 26.1. The Morgan fingerprint density at radius 1 is 1.44 bits per heavy atom. The molecule has 1 fully saturated rings. The third kappa shape index (κ3) is 4.73. The van der Waals surface area contributed by atoms with Crippen LogP contribution in [0.5, 0.6) is 0 Å². The number of methoxy groups -OCH3 is 1. The number of piperidine rings is 1. The molecular weight excluding hydrogens is 367 g/mol. The van der Waals surface area contributed by atoms with E-state index >= 15 is 0 Å². The average Bonchev–Trinajstić information content (AvgIpc) is 3.12. The lowest BCUT2D eigenvalue weighted by atomic mass is 9.81. The van der Waals surface area contributed by atoms with Gasteiger partial charge in [-0.15, -0.1) is 11.3 Å². The molecule has 0 aliphatic carbocycles. The van der Waals surface area contributed by atoms with Crippen molar-refractivity contribution in [3.8, 4) is 0 Å². The molecule has 146 valence electrons. The van der Waals surface area contributed by atoms with Gasteiger partial charge in [-0.3, -0.25) is 9.69 Å². The van der Waals surface area contributed by atoms with Crippen LogP contribution in [-0.2, 0) is 16.1 Å². The van der Waals surface area contributed by atoms with Crippen molar-refractivity contribution in [2.75, 3.05) is 20.3 Å². The highest BCUT2D eigenvalue weighted by Gasteiger charge is 2.46.